The lowest BCUT2D eigenvalue weighted by molar-refractivity contribution is 0.102. The van der Waals surface area contributed by atoms with E-state index in [9.17, 15) is 4.79 Å². The first-order chi connectivity index (χ1) is 12.0. The van der Waals surface area contributed by atoms with Crippen molar-refractivity contribution < 1.29 is 9.53 Å². The molecular formula is C17H11BrI2N2O2S. The molecule has 1 heterocycles. The summed E-state index contributed by atoms with van der Waals surface area (Å²) in [6, 6.07) is 11.5. The van der Waals surface area contributed by atoms with Gasteiger partial charge in [0, 0.05) is 18.1 Å². The molecule has 0 atom stereocenters. The highest BCUT2D eigenvalue weighted by atomic mass is 127. The molecule has 3 aromatic rings. The first-order valence-electron chi connectivity index (χ1n) is 7.04. The van der Waals surface area contributed by atoms with Gasteiger partial charge in [0.15, 0.2) is 5.13 Å². The van der Waals surface area contributed by atoms with Gasteiger partial charge in [0.2, 0.25) is 0 Å². The molecule has 0 aliphatic carbocycles. The minimum Gasteiger partial charge on any atom is -0.496 e. The van der Waals surface area contributed by atoms with Gasteiger partial charge in [0.25, 0.3) is 5.91 Å². The van der Waals surface area contributed by atoms with Crippen molar-refractivity contribution in [3.63, 3.8) is 0 Å². The molecule has 2 aromatic carbocycles. The van der Waals surface area contributed by atoms with E-state index < -0.39 is 0 Å². The molecule has 1 aromatic heterocycles. The Labute approximate surface area is 184 Å². The molecule has 0 spiro atoms. The molecule has 0 radical (unpaired) electrons. The number of methoxy groups -OCH3 is 1. The molecule has 0 saturated carbocycles. The lowest BCUT2D eigenvalue weighted by Gasteiger charge is -2.05. The van der Waals surface area contributed by atoms with Gasteiger partial charge in [-0.05, 0) is 97.5 Å². The highest BCUT2D eigenvalue weighted by Crippen LogP contribution is 2.32. The van der Waals surface area contributed by atoms with Crippen molar-refractivity contribution in [1.82, 2.24) is 4.98 Å². The number of nitrogens with zero attached hydrogens (tertiary/aromatic N) is 1. The van der Waals surface area contributed by atoms with Crippen LogP contribution in [0.2, 0.25) is 0 Å². The second-order valence-electron chi connectivity index (χ2n) is 4.97. The Morgan fingerprint density at radius 3 is 2.76 bits per heavy atom. The summed E-state index contributed by atoms with van der Waals surface area (Å²) in [4.78, 5) is 17.0. The van der Waals surface area contributed by atoms with Gasteiger partial charge in [-0.15, -0.1) is 11.3 Å². The van der Waals surface area contributed by atoms with Crippen LogP contribution >= 0.6 is 72.4 Å². The van der Waals surface area contributed by atoms with Gasteiger partial charge in [0.05, 0.1) is 22.8 Å². The summed E-state index contributed by atoms with van der Waals surface area (Å²) in [6.07, 6.45) is 0. The summed E-state index contributed by atoms with van der Waals surface area (Å²) in [5.41, 5.74) is 2.41. The SMILES string of the molecule is COc1ccc(-c2csc(NC(=O)c3cc(I)ccc3I)n2)cc1Br. The first-order valence-corrected chi connectivity index (χ1v) is 10.9. The predicted molar refractivity (Wildman–Crippen MR) is 122 cm³/mol. The smallest absolute Gasteiger partial charge is 0.258 e. The highest BCUT2D eigenvalue weighted by molar-refractivity contribution is 14.1. The van der Waals surface area contributed by atoms with Crippen LogP contribution in [0.15, 0.2) is 46.3 Å². The average molecular weight is 641 g/mol. The summed E-state index contributed by atoms with van der Waals surface area (Å²) in [5, 5.41) is 5.37. The first kappa shape index (κ1) is 19.1. The van der Waals surface area contributed by atoms with Crippen LogP contribution in [0.3, 0.4) is 0 Å². The van der Waals surface area contributed by atoms with E-state index >= 15 is 0 Å². The zero-order valence-corrected chi connectivity index (χ0v) is 19.6. The maximum Gasteiger partial charge on any atom is 0.258 e. The summed E-state index contributed by atoms with van der Waals surface area (Å²) < 4.78 is 8.03. The molecule has 25 heavy (non-hydrogen) atoms. The quantitative estimate of drug-likeness (QED) is 0.354. The molecule has 0 aliphatic heterocycles. The van der Waals surface area contributed by atoms with Crippen LogP contribution in [0, 0.1) is 7.14 Å². The Bertz CT molecular complexity index is 946. The van der Waals surface area contributed by atoms with E-state index in [1.54, 1.807) is 7.11 Å². The second-order valence-corrected chi connectivity index (χ2v) is 9.09. The number of halogens is 3. The molecule has 0 fully saturated rings. The number of amides is 1. The molecular weight excluding hydrogens is 630 g/mol. The number of carbonyl (C=O) groups excluding carboxylic acids is 1. The lowest BCUT2D eigenvalue weighted by Crippen LogP contribution is -2.13. The average Bonchev–Trinajstić information content (AvgIpc) is 3.05. The third kappa shape index (κ3) is 4.52. The maximum atomic E-state index is 12.5. The number of hydrogen-bond donors (Lipinski definition) is 1. The Hall–Kier alpha value is -0.720. The van der Waals surface area contributed by atoms with Crippen LogP contribution < -0.4 is 10.1 Å². The van der Waals surface area contributed by atoms with Crippen LogP contribution in [0.5, 0.6) is 5.75 Å². The molecule has 0 saturated heterocycles. The standard InChI is InChI=1S/C17H11BrI2N2O2S/c1-24-15-5-2-9(6-12(15)18)14-8-25-17(21-14)22-16(23)11-7-10(19)3-4-13(11)20/h2-8H,1H3,(H,21,22,23). The summed E-state index contributed by atoms with van der Waals surface area (Å²) in [6.45, 7) is 0. The van der Waals surface area contributed by atoms with Crippen LogP contribution in [-0.4, -0.2) is 18.0 Å². The van der Waals surface area contributed by atoms with Gasteiger partial charge < -0.3 is 4.74 Å². The number of rotatable bonds is 4. The zero-order chi connectivity index (χ0) is 18.0. The molecule has 0 unspecified atom stereocenters. The van der Waals surface area contributed by atoms with Gasteiger partial charge in [-0.25, -0.2) is 4.98 Å². The molecule has 0 aliphatic rings. The Morgan fingerprint density at radius 1 is 1.24 bits per heavy atom. The number of ether oxygens (including phenoxy) is 1. The van der Waals surface area contributed by atoms with Crippen molar-refractivity contribution in [2.24, 2.45) is 0 Å². The monoisotopic (exact) mass is 640 g/mol. The summed E-state index contributed by atoms with van der Waals surface area (Å²) in [7, 11) is 1.63. The number of benzene rings is 2. The van der Waals surface area contributed by atoms with Crippen molar-refractivity contribution in [1.29, 1.82) is 0 Å². The van der Waals surface area contributed by atoms with Crippen molar-refractivity contribution in [3.8, 4) is 17.0 Å². The van der Waals surface area contributed by atoms with Crippen molar-refractivity contribution in [2.45, 2.75) is 0 Å². The molecule has 4 nitrogen and oxygen atoms in total. The van der Waals surface area contributed by atoms with Gasteiger partial charge in [0.1, 0.15) is 5.75 Å². The fourth-order valence-electron chi connectivity index (χ4n) is 2.13. The fourth-order valence-corrected chi connectivity index (χ4v) is 4.45. The van der Waals surface area contributed by atoms with E-state index in [2.05, 4.69) is 71.4 Å². The van der Waals surface area contributed by atoms with Crippen molar-refractivity contribution in [2.75, 3.05) is 12.4 Å². The molecule has 0 bridgehead atoms. The number of carbonyl (C=O) groups is 1. The van der Waals surface area contributed by atoms with E-state index in [1.165, 1.54) is 11.3 Å². The van der Waals surface area contributed by atoms with Gasteiger partial charge in [-0.2, -0.15) is 0 Å². The number of nitrogens with one attached hydrogen (secondary N) is 1. The second kappa shape index (κ2) is 8.31. The number of thiazole rings is 1. The maximum absolute atomic E-state index is 12.5. The third-order valence-electron chi connectivity index (χ3n) is 3.35. The predicted octanol–water partition coefficient (Wildman–Crippen LogP) is 6.04. The molecule has 1 amide bonds. The topological polar surface area (TPSA) is 51.2 Å². The molecule has 3 rings (SSSR count). The van der Waals surface area contributed by atoms with E-state index in [0.717, 1.165) is 28.6 Å². The Balaban J connectivity index is 1.81. The number of hydrogen-bond acceptors (Lipinski definition) is 4. The summed E-state index contributed by atoms with van der Waals surface area (Å²) >= 11 is 9.23. The van der Waals surface area contributed by atoms with Crippen LogP contribution in [0.1, 0.15) is 10.4 Å². The largest absolute Gasteiger partial charge is 0.496 e. The summed E-state index contributed by atoms with van der Waals surface area (Å²) in [5.74, 6) is 0.612. The van der Waals surface area contributed by atoms with Crippen LogP contribution in [0.4, 0.5) is 5.13 Å². The Morgan fingerprint density at radius 2 is 2.04 bits per heavy atom. The number of anilines is 1. The molecule has 128 valence electrons. The Kier molecular flexibility index (Phi) is 6.34. The third-order valence-corrected chi connectivity index (χ3v) is 6.33. The van der Waals surface area contributed by atoms with Gasteiger partial charge >= 0.3 is 0 Å². The lowest BCUT2D eigenvalue weighted by atomic mass is 10.2. The van der Waals surface area contributed by atoms with Crippen LogP contribution in [0.25, 0.3) is 11.3 Å². The van der Waals surface area contributed by atoms with Crippen molar-refractivity contribution >= 4 is 83.5 Å². The number of aromatic nitrogens is 1. The van der Waals surface area contributed by atoms with E-state index in [0.29, 0.717) is 10.7 Å². The van der Waals surface area contributed by atoms with Gasteiger partial charge in [-0.1, -0.05) is 0 Å². The minimum atomic E-state index is -0.153. The minimum absolute atomic E-state index is 0.153. The van der Waals surface area contributed by atoms with Gasteiger partial charge in [-0.3, -0.25) is 10.1 Å². The van der Waals surface area contributed by atoms with E-state index in [1.807, 2.05) is 41.8 Å². The van der Waals surface area contributed by atoms with Crippen LogP contribution in [-0.2, 0) is 0 Å². The fraction of sp³-hybridized carbons (Fsp3) is 0.0588. The van der Waals surface area contributed by atoms with E-state index in [4.69, 9.17) is 4.74 Å². The highest BCUT2D eigenvalue weighted by Gasteiger charge is 2.14. The molecule has 1 N–H and O–H groups in total. The normalized spacial score (nSPS) is 10.6. The van der Waals surface area contributed by atoms with E-state index in [-0.39, 0.29) is 5.91 Å². The van der Waals surface area contributed by atoms with Crippen molar-refractivity contribution in [3.05, 3.63) is 59.0 Å². The zero-order valence-electron chi connectivity index (χ0n) is 12.8. The molecule has 8 heteroatoms.